The van der Waals surface area contributed by atoms with Gasteiger partial charge in [-0.25, -0.2) is 0 Å². The second-order valence-electron chi connectivity index (χ2n) is 4.75. The Kier molecular flexibility index (Phi) is 4.38. The normalized spacial score (nSPS) is 27.9. The molecule has 1 saturated heterocycles. The van der Waals surface area contributed by atoms with E-state index in [-0.39, 0.29) is 0 Å². The molecule has 1 aromatic heterocycles. The second-order valence-corrected chi connectivity index (χ2v) is 5.79. The number of nitrogens with one attached hydrogen (secondary N) is 1. The SMILES string of the molecule is CC(Cc1cccs1)NC1CCOC(C)C1. The summed E-state index contributed by atoms with van der Waals surface area (Å²) in [4.78, 5) is 1.47. The lowest BCUT2D eigenvalue weighted by Crippen LogP contribution is -2.43. The van der Waals surface area contributed by atoms with Crippen molar-refractivity contribution in [3.05, 3.63) is 22.4 Å². The van der Waals surface area contributed by atoms with Gasteiger partial charge in [0.25, 0.3) is 0 Å². The Morgan fingerprint density at radius 3 is 3.19 bits per heavy atom. The topological polar surface area (TPSA) is 21.3 Å². The standard InChI is InChI=1S/C13H21NOS/c1-10(8-13-4-3-7-16-13)14-12-5-6-15-11(2)9-12/h3-4,7,10-12,14H,5-6,8-9H2,1-2H3. The van der Waals surface area contributed by atoms with Gasteiger partial charge in [0, 0.05) is 23.6 Å². The van der Waals surface area contributed by atoms with Crippen LogP contribution in [0.4, 0.5) is 0 Å². The summed E-state index contributed by atoms with van der Waals surface area (Å²) in [6, 6.07) is 5.55. The van der Waals surface area contributed by atoms with Crippen molar-refractivity contribution in [3.8, 4) is 0 Å². The Morgan fingerprint density at radius 2 is 2.50 bits per heavy atom. The van der Waals surface area contributed by atoms with E-state index in [1.54, 1.807) is 0 Å². The maximum Gasteiger partial charge on any atom is 0.0561 e. The number of hydrogen-bond acceptors (Lipinski definition) is 3. The monoisotopic (exact) mass is 239 g/mol. The Balaban J connectivity index is 1.76. The second kappa shape index (κ2) is 5.80. The fraction of sp³-hybridized carbons (Fsp3) is 0.692. The van der Waals surface area contributed by atoms with Crippen LogP contribution in [0, 0.1) is 0 Å². The molecule has 2 heterocycles. The molecular formula is C13H21NOS. The summed E-state index contributed by atoms with van der Waals surface area (Å²) in [7, 11) is 0. The number of thiophene rings is 1. The summed E-state index contributed by atoms with van der Waals surface area (Å²) in [5.74, 6) is 0. The van der Waals surface area contributed by atoms with E-state index in [9.17, 15) is 0 Å². The molecule has 0 aliphatic carbocycles. The number of hydrogen-bond donors (Lipinski definition) is 1. The largest absolute Gasteiger partial charge is 0.378 e. The number of rotatable bonds is 4. The van der Waals surface area contributed by atoms with Crippen LogP contribution in [0.25, 0.3) is 0 Å². The van der Waals surface area contributed by atoms with Crippen LogP contribution in [0.15, 0.2) is 17.5 Å². The van der Waals surface area contributed by atoms with Crippen molar-refractivity contribution < 1.29 is 4.74 Å². The molecule has 0 bridgehead atoms. The van der Waals surface area contributed by atoms with Gasteiger partial charge in [0.05, 0.1) is 6.10 Å². The van der Waals surface area contributed by atoms with Crippen LogP contribution < -0.4 is 5.32 Å². The average molecular weight is 239 g/mol. The van der Waals surface area contributed by atoms with Crippen molar-refractivity contribution >= 4 is 11.3 Å². The van der Waals surface area contributed by atoms with Crippen LogP contribution in [0.3, 0.4) is 0 Å². The van der Waals surface area contributed by atoms with E-state index in [0.717, 1.165) is 25.9 Å². The van der Waals surface area contributed by atoms with E-state index in [0.29, 0.717) is 18.2 Å². The van der Waals surface area contributed by atoms with Crippen LogP contribution in [0.2, 0.25) is 0 Å². The Hall–Kier alpha value is -0.380. The summed E-state index contributed by atoms with van der Waals surface area (Å²) in [5, 5.41) is 5.87. The van der Waals surface area contributed by atoms with Gasteiger partial charge in [-0.1, -0.05) is 6.07 Å². The highest BCUT2D eigenvalue weighted by atomic mass is 32.1. The third-order valence-electron chi connectivity index (χ3n) is 3.09. The first kappa shape index (κ1) is 12.1. The van der Waals surface area contributed by atoms with Gasteiger partial charge in [-0.2, -0.15) is 0 Å². The van der Waals surface area contributed by atoms with E-state index in [2.05, 4.69) is 36.7 Å². The molecule has 1 aliphatic heterocycles. The van der Waals surface area contributed by atoms with E-state index in [4.69, 9.17) is 4.74 Å². The quantitative estimate of drug-likeness (QED) is 0.872. The first-order valence-electron chi connectivity index (χ1n) is 6.14. The zero-order valence-electron chi connectivity index (χ0n) is 10.1. The minimum Gasteiger partial charge on any atom is -0.378 e. The zero-order chi connectivity index (χ0) is 11.4. The van der Waals surface area contributed by atoms with Gasteiger partial charge in [0.15, 0.2) is 0 Å². The van der Waals surface area contributed by atoms with Crippen molar-refractivity contribution in [3.63, 3.8) is 0 Å². The van der Waals surface area contributed by atoms with E-state index < -0.39 is 0 Å². The fourth-order valence-corrected chi connectivity index (χ4v) is 3.18. The van der Waals surface area contributed by atoms with Crippen molar-refractivity contribution in [2.75, 3.05) is 6.61 Å². The molecule has 0 saturated carbocycles. The van der Waals surface area contributed by atoms with Crippen LogP contribution in [0.5, 0.6) is 0 Å². The molecule has 3 atom stereocenters. The summed E-state index contributed by atoms with van der Waals surface area (Å²) < 4.78 is 5.56. The molecule has 0 spiro atoms. The third-order valence-corrected chi connectivity index (χ3v) is 3.99. The van der Waals surface area contributed by atoms with E-state index in [1.165, 1.54) is 4.88 Å². The molecule has 3 unspecified atom stereocenters. The highest BCUT2D eigenvalue weighted by Crippen LogP contribution is 2.16. The smallest absolute Gasteiger partial charge is 0.0561 e. The number of ether oxygens (including phenoxy) is 1. The molecular weight excluding hydrogens is 218 g/mol. The van der Waals surface area contributed by atoms with Crippen molar-refractivity contribution in [2.45, 2.75) is 51.3 Å². The first-order valence-corrected chi connectivity index (χ1v) is 7.02. The maximum atomic E-state index is 5.56. The predicted molar refractivity (Wildman–Crippen MR) is 69.1 cm³/mol. The maximum absolute atomic E-state index is 5.56. The summed E-state index contributed by atoms with van der Waals surface area (Å²) in [6.07, 6.45) is 3.86. The molecule has 1 fully saturated rings. The lowest BCUT2D eigenvalue weighted by atomic mass is 10.0. The minimum atomic E-state index is 0.417. The van der Waals surface area contributed by atoms with Crippen molar-refractivity contribution in [1.29, 1.82) is 0 Å². The van der Waals surface area contributed by atoms with E-state index >= 15 is 0 Å². The molecule has 0 radical (unpaired) electrons. The van der Waals surface area contributed by atoms with E-state index in [1.807, 2.05) is 11.3 Å². The molecule has 0 aromatic carbocycles. The molecule has 1 aliphatic rings. The van der Waals surface area contributed by atoms with Gasteiger partial charge in [0.2, 0.25) is 0 Å². The van der Waals surface area contributed by atoms with Crippen LogP contribution in [-0.4, -0.2) is 24.8 Å². The Labute approximate surface area is 102 Å². The van der Waals surface area contributed by atoms with Crippen molar-refractivity contribution in [1.82, 2.24) is 5.32 Å². The highest BCUT2D eigenvalue weighted by molar-refractivity contribution is 7.09. The fourth-order valence-electron chi connectivity index (χ4n) is 2.34. The predicted octanol–water partition coefficient (Wildman–Crippen LogP) is 2.84. The summed E-state index contributed by atoms with van der Waals surface area (Å²) >= 11 is 1.85. The molecule has 2 rings (SSSR count). The highest BCUT2D eigenvalue weighted by Gasteiger charge is 2.20. The molecule has 1 N–H and O–H groups in total. The van der Waals surface area contributed by atoms with Gasteiger partial charge in [-0.05, 0) is 44.6 Å². The molecule has 1 aromatic rings. The zero-order valence-corrected chi connectivity index (χ0v) is 10.9. The molecule has 2 nitrogen and oxygen atoms in total. The third kappa shape index (κ3) is 3.58. The molecule has 3 heteroatoms. The summed E-state index contributed by atoms with van der Waals surface area (Å²) in [5.41, 5.74) is 0. The lowest BCUT2D eigenvalue weighted by Gasteiger charge is -2.30. The van der Waals surface area contributed by atoms with Crippen LogP contribution in [-0.2, 0) is 11.2 Å². The van der Waals surface area contributed by atoms with Crippen LogP contribution >= 0.6 is 11.3 Å². The summed E-state index contributed by atoms with van der Waals surface area (Å²) in [6.45, 7) is 5.35. The van der Waals surface area contributed by atoms with Gasteiger partial charge in [-0.3, -0.25) is 0 Å². The minimum absolute atomic E-state index is 0.417. The van der Waals surface area contributed by atoms with Gasteiger partial charge in [0.1, 0.15) is 0 Å². The molecule has 0 amide bonds. The van der Waals surface area contributed by atoms with Gasteiger partial charge < -0.3 is 10.1 Å². The van der Waals surface area contributed by atoms with Crippen molar-refractivity contribution in [2.24, 2.45) is 0 Å². The van der Waals surface area contributed by atoms with Gasteiger partial charge in [-0.15, -0.1) is 11.3 Å². The Bertz CT molecular complexity index is 299. The average Bonchev–Trinajstić information content (AvgIpc) is 2.70. The molecule has 16 heavy (non-hydrogen) atoms. The van der Waals surface area contributed by atoms with Crippen LogP contribution in [0.1, 0.15) is 31.6 Å². The lowest BCUT2D eigenvalue weighted by molar-refractivity contribution is 0.0117. The van der Waals surface area contributed by atoms with Gasteiger partial charge >= 0.3 is 0 Å². The Morgan fingerprint density at radius 1 is 1.62 bits per heavy atom. The first-order chi connectivity index (χ1) is 7.74. The molecule has 90 valence electrons.